The van der Waals surface area contributed by atoms with E-state index >= 15 is 0 Å². The number of aromatic nitrogens is 1. The second-order valence-electron chi connectivity index (χ2n) is 4.20. The molecule has 0 atom stereocenters. The summed E-state index contributed by atoms with van der Waals surface area (Å²) in [5.41, 5.74) is 7.80. The molecule has 0 aliphatic rings. The third-order valence-corrected chi connectivity index (χ3v) is 4.09. The summed E-state index contributed by atoms with van der Waals surface area (Å²) >= 11 is 4.61. The normalized spacial score (nSPS) is 10.6. The summed E-state index contributed by atoms with van der Waals surface area (Å²) in [5, 5.41) is 3.30. The minimum absolute atomic E-state index is 0.131. The number of thioether (sulfide) groups is 1. The summed E-state index contributed by atoms with van der Waals surface area (Å²) in [4.78, 5) is 16.1. The number of rotatable bonds is 4. The molecule has 7 heteroatoms. The highest BCUT2D eigenvalue weighted by atomic mass is 79.9. The van der Waals surface area contributed by atoms with Crippen LogP contribution in [0.4, 0.5) is 11.4 Å². The minimum Gasteiger partial charge on any atom is -0.437 e. The van der Waals surface area contributed by atoms with Crippen molar-refractivity contribution in [3.8, 4) is 0 Å². The molecule has 0 aliphatic heterocycles. The molecular weight excluding hydrogens is 342 g/mol. The van der Waals surface area contributed by atoms with E-state index in [-0.39, 0.29) is 11.7 Å². The molecule has 1 heterocycles. The summed E-state index contributed by atoms with van der Waals surface area (Å²) in [6.45, 7) is 3.71. The van der Waals surface area contributed by atoms with E-state index in [1.165, 1.54) is 11.8 Å². The number of hydrogen-bond acceptors (Lipinski definition) is 5. The Bertz CT molecular complexity index is 623. The standard InChI is InChI=1S/C13H14BrN3O2S/c1-7-8(2)19-13(16-7)20-6-12(18)17-11-4-3-9(15)5-10(11)14/h3-5H,6,15H2,1-2H3,(H,17,18). The van der Waals surface area contributed by atoms with Crippen LogP contribution in [0.25, 0.3) is 0 Å². The Morgan fingerprint density at radius 3 is 2.85 bits per heavy atom. The largest absolute Gasteiger partial charge is 0.437 e. The van der Waals surface area contributed by atoms with Crippen molar-refractivity contribution in [1.29, 1.82) is 0 Å². The average Bonchev–Trinajstić information content (AvgIpc) is 2.70. The number of halogens is 1. The smallest absolute Gasteiger partial charge is 0.256 e. The van der Waals surface area contributed by atoms with Crippen molar-refractivity contribution < 1.29 is 9.21 Å². The third kappa shape index (κ3) is 3.77. The molecule has 20 heavy (non-hydrogen) atoms. The predicted octanol–water partition coefficient (Wildman–Crippen LogP) is 3.37. The lowest BCUT2D eigenvalue weighted by Crippen LogP contribution is -2.14. The molecule has 0 spiro atoms. The fourth-order valence-electron chi connectivity index (χ4n) is 1.45. The topological polar surface area (TPSA) is 81.2 Å². The molecule has 0 unspecified atom stereocenters. The van der Waals surface area contributed by atoms with Crippen molar-refractivity contribution in [3.05, 3.63) is 34.1 Å². The number of anilines is 2. The summed E-state index contributed by atoms with van der Waals surface area (Å²) in [6, 6.07) is 5.22. The summed E-state index contributed by atoms with van der Waals surface area (Å²) in [5.74, 6) is 0.874. The fourth-order valence-corrected chi connectivity index (χ4v) is 2.66. The lowest BCUT2D eigenvalue weighted by Gasteiger charge is -2.07. The molecule has 2 aromatic rings. The van der Waals surface area contributed by atoms with Gasteiger partial charge >= 0.3 is 0 Å². The van der Waals surface area contributed by atoms with Gasteiger partial charge in [0.15, 0.2) is 0 Å². The van der Waals surface area contributed by atoms with Crippen LogP contribution in [0.2, 0.25) is 0 Å². The SMILES string of the molecule is Cc1nc(SCC(=O)Nc2ccc(N)cc2Br)oc1C. The molecule has 0 saturated carbocycles. The van der Waals surface area contributed by atoms with E-state index in [0.29, 0.717) is 16.6 Å². The zero-order chi connectivity index (χ0) is 14.7. The molecule has 0 bridgehead atoms. The maximum absolute atomic E-state index is 11.9. The van der Waals surface area contributed by atoms with E-state index in [1.54, 1.807) is 18.2 Å². The molecule has 0 radical (unpaired) electrons. The van der Waals surface area contributed by atoms with Gasteiger partial charge in [-0.2, -0.15) is 0 Å². The Morgan fingerprint density at radius 1 is 1.50 bits per heavy atom. The van der Waals surface area contributed by atoms with Crippen LogP contribution in [0.5, 0.6) is 0 Å². The molecule has 106 valence electrons. The maximum Gasteiger partial charge on any atom is 0.256 e. The molecule has 3 N–H and O–H groups in total. The zero-order valence-corrected chi connectivity index (χ0v) is 13.5. The van der Waals surface area contributed by atoms with E-state index in [2.05, 4.69) is 26.2 Å². The van der Waals surface area contributed by atoms with Crippen LogP contribution in [0.3, 0.4) is 0 Å². The Hall–Kier alpha value is -1.47. The van der Waals surface area contributed by atoms with Crippen LogP contribution in [0, 0.1) is 13.8 Å². The van der Waals surface area contributed by atoms with Crippen LogP contribution in [0.1, 0.15) is 11.5 Å². The molecule has 1 amide bonds. The predicted molar refractivity (Wildman–Crippen MR) is 83.9 cm³/mol. The highest BCUT2D eigenvalue weighted by molar-refractivity contribution is 9.10. The number of benzene rings is 1. The Morgan fingerprint density at radius 2 is 2.25 bits per heavy atom. The zero-order valence-electron chi connectivity index (χ0n) is 11.1. The molecule has 1 aromatic heterocycles. The van der Waals surface area contributed by atoms with Crippen molar-refractivity contribution in [2.75, 3.05) is 16.8 Å². The number of nitrogen functional groups attached to an aromatic ring is 1. The van der Waals surface area contributed by atoms with E-state index in [9.17, 15) is 4.79 Å². The molecule has 0 fully saturated rings. The summed E-state index contributed by atoms with van der Waals surface area (Å²) < 4.78 is 6.15. The monoisotopic (exact) mass is 355 g/mol. The summed E-state index contributed by atoms with van der Waals surface area (Å²) in [6.07, 6.45) is 0. The van der Waals surface area contributed by atoms with Crippen LogP contribution in [-0.2, 0) is 4.79 Å². The molecule has 2 rings (SSSR count). The van der Waals surface area contributed by atoms with Crippen LogP contribution >= 0.6 is 27.7 Å². The number of nitrogens with two attached hydrogens (primary N) is 1. The Kier molecular flexibility index (Phi) is 4.72. The van der Waals surface area contributed by atoms with Gasteiger partial charge in [-0.15, -0.1) is 0 Å². The number of nitrogens with zero attached hydrogens (tertiary/aromatic N) is 1. The van der Waals surface area contributed by atoms with Gasteiger partial charge in [-0.1, -0.05) is 11.8 Å². The van der Waals surface area contributed by atoms with Crippen LogP contribution in [0.15, 0.2) is 32.3 Å². The Balaban J connectivity index is 1.92. The van der Waals surface area contributed by atoms with Gasteiger partial charge in [0.2, 0.25) is 5.91 Å². The number of carbonyl (C=O) groups is 1. The van der Waals surface area contributed by atoms with E-state index < -0.39 is 0 Å². The second-order valence-corrected chi connectivity index (χ2v) is 5.98. The van der Waals surface area contributed by atoms with Crippen molar-refractivity contribution in [2.45, 2.75) is 19.1 Å². The van der Waals surface area contributed by atoms with Crippen molar-refractivity contribution in [1.82, 2.24) is 4.98 Å². The first-order valence-electron chi connectivity index (χ1n) is 5.87. The van der Waals surface area contributed by atoms with Crippen molar-refractivity contribution in [3.63, 3.8) is 0 Å². The van der Waals surface area contributed by atoms with Gasteiger partial charge < -0.3 is 15.5 Å². The van der Waals surface area contributed by atoms with Gasteiger partial charge in [0.05, 0.1) is 17.1 Å². The second kappa shape index (κ2) is 6.32. The lowest BCUT2D eigenvalue weighted by atomic mass is 10.3. The first kappa shape index (κ1) is 14.9. The molecule has 0 aliphatic carbocycles. The third-order valence-electron chi connectivity index (χ3n) is 2.60. The number of hydrogen-bond donors (Lipinski definition) is 2. The van der Waals surface area contributed by atoms with Gasteiger partial charge in [-0.3, -0.25) is 4.79 Å². The van der Waals surface area contributed by atoms with E-state index in [1.807, 2.05) is 13.8 Å². The highest BCUT2D eigenvalue weighted by Gasteiger charge is 2.10. The summed E-state index contributed by atoms with van der Waals surface area (Å²) in [7, 11) is 0. The van der Waals surface area contributed by atoms with Crippen molar-refractivity contribution in [2.24, 2.45) is 0 Å². The highest BCUT2D eigenvalue weighted by Crippen LogP contribution is 2.25. The van der Waals surface area contributed by atoms with Crippen LogP contribution in [-0.4, -0.2) is 16.6 Å². The minimum atomic E-state index is -0.131. The van der Waals surface area contributed by atoms with Gasteiger partial charge in [-0.25, -0.2) is 4.98 Å². The van der Waals surface area contributed by atoms with E-state index in [4.69, 9.17) is 10.2 Å². The quantitative estimate of drug-likeness (QED) is 0.649. The maximum atomic E-state index is 11.9. The van der Waals surface area contributed by atoms with Crippen molar-refractivity contribution >= 4 is 45.0 Å². The first-order valence-corrected chi connectivity index (χ1v) is 7.65. The molecule has 0 saturated heterocycles. The first-order chi connectivity index (χ1) is 9.45. The van der Waals surface area contributed by atoms with Gasteiger partial charge in [-0.05, 0) is 48.0 Å². The number of aryl methyl sites for hydroxylation is 2. The lowest BCUT2D eigenvalue weighted by molar-refractivity contribution is -0.113. The van der Waals surface area contributed by atoms with Gasteiger partial charge in [0.25, 0.3) is 5.22 Å². The van der Waals surface area contributed by atoms with E-state index in [0.717, 1.165) is 15.9 Å². The molecule has 5 nitrogen and oxygen atoms in total. The number of carbonyl (C=O) groups excluding carboxylic acids is 1. The Labute approximate surface area is 129 Å². The van der Waals surface area contributed by atoms with Crippen LogP contribution < -0.4 is 11.1 Å². The molecular formula is C13H14BrN3O2S. The number of nitrogens with one attached hydrogen (secondary N) is 1. The van der Waals surface area contributed by atoms with Gasteiger partial charge in [0, 0.05) is 10.2 Å². The fraction of sp³-hybridized carbons (Fsp3) is 0.231. The molecule has 1 aromatic carbocycles. The number of oxazole rings is 1. The average molecular weight is 356 g/mol. The van der Waals surface area contributed by atoms with Gasteiger partial charge in [0.1, 0.15) is 5.76 Å². The number of amides is 1.